The van der Waals surface area contributed by atoms with Crippen LogP contribution in [-0.4, -0.2) is 50.2 Å². The fraction of sp³-hybridized carbons (Fsp3) is 0.300. The van der Waals surface area contributed by atoms with E-state index in [1.54, 1.807) is 43.6 Å². The summed E-state index contributed by atoms with van der Waals surface area (Å²) < 4.78 is 54.2. The number of carbonyl (C=O) groups is 2. The van der Waals surface area contributed by atoms with Gasteiger partial charge in [0.1, 0.15) is 0 Å². The van der Waals surface area contributed by atoms with Crippen LogP contribution in [0.25, 0.3) is 11.0 Å². The molecule has 2 aliphatic heterocycles. The van der Waals surface area contributed by atoms with Crippen LogP contribution < -0.4 is 9.47 Å². The van der Waals surface area contributed by atoms with Crippen LogP contribution in [0.5, 0.6) is 11.5 Å². The van der Waals surface area contributed by atoms with Crippen LogP contribution in [0.3, 0.4) is 0 Å². The van der Waals surface area contributed by atoms with Gasteiger partial charge in [-0.3, -0.25) is 9.69 Å². The molecular formula is C30H28F3N3O6. The lowest BCUT2D eigenvalue weighted by atomic mass is 9.88. The van der Waals surface area contributed by atoms with E-state index in [-0.39, 0.29) is 18.0 Å². The second-order valence-electron chi connectivity index (χ2n) is 10.3. The summed E-state index contributed by atoms with van der Waals surface area (Å²) in [4.78, 5) is 26.4. The molecule has 1 fully saturated rings. The van der Waals surface area contributed by atoms with Gasteiger partial charge in [0.05, 0.1) is 35.2 Å². The van der Waals surface area contributed by atoms with Crippen molar-refractivity contribution < 1.29 is 42.4 Å². The Kier molecular flexibility index (Phi) is 7.83. The number of carboxylic acids is 1. The van der Waals surface area contributed by atoms with Crippen molar-refractivity contribution in [2.75, 3.05) is 13.1 Å². The van der Waals surface area contributed by atoms with E-state index in [0.29, 0.717) is 23.7 Å². The number of likely N-dealkylation sites (tertiary alicyclic amines) is 1. The summed E-state index contributed by atoms with van der Waals surface area (Å²) in [5, 5.41) is 16.2. The third-order valence-corrected chi connectivity index (χ3v) is 7.57. The summed E-state index contributed by atoms with van der Waals surface area (Å²) in [7, 11) is 0. The zero-order valence-corrected chi connectivity index (χ0v) is 22.5. The number of hydrogen-bond acceptors (Lipinski definition) is 6. The highest BCUT2D eigenvalue weighted by Crippen LogP contribution is 2.49. The average Bonchev–Trinajstić information content (AvgIpc) is 3.54. The van der Waals surface area contributed by atoms with Crippen molar-refractivity contribution in [2.45, 2.75) is 44.3 Å². The number of para-hydroxylation sites is 1. The number of ether oxygens (including phenoxy) is 2. The van der Waals surface area contributed by atoms with Crippen molar-refractivity contribution in [2.24, 2.45) is 0 Å². The van der Waals surface area contributed by atoms with E-state index in [0.717, 1.165) is 54.7 Å². The molecule has 3 aromatic carbocycles. The highest BCUT2D eigenvalue weighted by molar-refractivity contribution is 5.92. The first-order chi connectivity index (χ1) is 20.0. The molecule has 0 bridgehead atoms. The molecule has 0 radical (unpaired) electrons. The maximum atomic E-state index is 13.3. The van der Waals surface area contributed by atoms with Gasteiger partial charge in [0.25, 0.3) is 12.3 Å². The predicted molar refractivity (Wildman–Crippen MR) is 145 cm³/mol. The van der Waals surface area contributed by atoms with Crippen molar-refractivity contribution in [3.63, 3.8) is 0 Å². The maximum Gasteiger partial charge on any atom is 0.416 e. The van der Waals surface area contributed by atoms with Gasteiger partial charge in [-0.25, -0.2) is 9.78 Å². The Morgan fingerprint density at radius 1 is 1.10 bits per heavy atom. The van der Waals surface area contributed by atoms with Gasteiger partial charge in [-0.1, -0.05) is 24.3 Å². The molecule has 0 amide bonds. The Balaban J connectivity index is 0.00000113. The van der Waals surface area contributed by atoms with Gasteiger partial charge in [0.15, 0.2) is 11.5 Å². The first-order valence-corrected chi connectivity index (χ1v) is 13.2. The zero-order chi connectivity index (χ0) is 30.1. The van der Waals surface area contributed by atoms with Gasteiger partial charge >= 0.3 is 12.1 Å². The fourth-order valence-corrected chi connectivity index (χ4v) is 5.47. The third kappa shape index (κ3) is 5.75. The zero-order valence-electron chi connectivity index (χ0n) is 22.5. The lowest BCUT2D eigenvalue weighted by molar-refractivity contribution is -0.138. The molecule has 3 heterocycles. The van der Waals surface area contributed by atoms with Crippen molar-refractivity contribution in [3.05, 3.63) is 89.2 Å². The quantitative estimate of drug-likeness (QED) is 0.278. The molecule has 6 rings (SSSR count). The molecule has 12 heteroatoms. The van der Waals surface area contributed by atoms with Crippen molar-refractivity contribution >= 4 is 23.5 Å². The van der Waals surface area contributed by atoms with Gasteiger partial charge in [0.2, 0.25) is 0 Å². The number of aromatic nitrogens is 2. The van der Waals surface area contributed by atoms with E-state index < -0.39 is 23.5 Å². The van der Waals surface area contributed by atoms with E-state index in [2.05, 4.69) is 9.88 Å². The number of alkyl halides is 3. The van der Waals surface area contributed by atoms with Crippen LogP contribution in [0, 0.1) is 0 Å². The Hall–Kier alpha value is -4.58. The van der Waals surface area contributed by atoms with E-state index in [1.807, 2.05) is 16.7 Å². The van der Waals surface area contributed by atoms with Gasteiger partial charge in [-0.2, -0.15) is 13.2 Å². The summed E-state index contributed by atoms with van der Waals surface area (Å²) in [6.45, 7) is 3.59. The number of piperidine rings is 1. The molecule has 9 nitrogen and oxygen atoms in total. The second-order valence-corrected chi connectivity index (χ2v) is 10.3. The maximum absolute atomic E-state index is 13.3. The molecule has 4 aromatic rings. The molecule has 2 aliphatic rings. The summed E-state index contributed by atoms with van der Waals surface area (Å²) in [6, 6.07) is 15.6. The number of halogens is 3. The summed E-state index contributed by atoms with van der Waals surface area (Å²) in [6.07, 6.45) is -1.02. The van der Waals surface area contributed by atoms with Gasteiger partial charge in [-0.15, -0.1) is 0 Å². The summed E-state index contributed by atoms with van der Waals surface area (Å²) in [5.41, 5.74) is 2.28. The summed E-state index contributed by atoms with van der Waals surface area (Å²) in [5.74, 6) is -1.04. The topological polar surface area (TPSA) is 114 Å². The Morgan fingerprint density at radius 2 is 1.81 bits per heavy atom. The molecule has 1 atom stereocenters. The Bertz CT molecular complexity index is 1610. The first kappa shape index (κ1) is 28.9. The monoisotopic (exact) mass is 583 g/mol. The standard InChI is InChI=1S/C29H26F3N3O4.CH2O2/c1-28(20-4-2-5-21(15-20)29(30,31)32)38-25-7-3-6-22(26(25)39-28)18-10-12-34(13-11-18)17-35-16-33-23-9-8-19(27(36)37)14-24(23)35;2-1-3/h2-9,14-16,18H,10-13,17H2,1H3,(H,36,37);1H,(H,2,3). The van der Waals surface area contributed by atoms with E-state index >= 15 is 0 Å². The Morgan fingerprint density at radius 3 is 2.50 bits per heavy atom. The molecular weight excluding hydrogens is 555 g/mol. The third-order valence-electron chi connectivity index (χ3n) is 7.57. The SMILES string of the molecule is CC1(c2cccc(C(F)(F)F)c2)Oc2cccc(C3CCN(Cn4cnc5ccc(C(=O)O)cc54)CC3)c2O1.O=CO. The van der Waals surface area contributed by atoms with Crippen LogP contribution in [0.4, 0.5) is 13.2 Å². The second kappa shape index (κ2) is 11.4. The molecule has 42 heavy (non-hydrogen) atoms. The minimum Gasteiger partial charge on any atom is -0.483 e. The summed E-state index contributed by atoms with van der Waals surface area (Å²) >= 11 is 0. The number of carboxylic acid groups (broad SMARTS) is 2. The molecule has 0 saturated carbocycles. The number of nitrogens with zero attached hydrogens (tertiary/aromatic N) is 3. The number of imidazole rings is 1. The highest BCUT2D eigenvalue weighted by atomic mass is 19.4. The largest absolute Gasteiger partial charge is 0.483 e. The predicted octanol–water partition coefficient (Wildman–Crippen LogP) is 5.94. The lowest BCUT2D eigenvalue weighted by Crippen LogP contribution is -2.34. The molecule has 0 spiro atoms. The van der Waals surface area contributed by atoms with Gasteiger partial charge in [0, 0.05) is 31.1 Å². The molecule has 1 saturated heterocycles. The van der Waals surface area contributed by atoms with E-state index in [1.165, 1.54) is 6.07 Å². The molecule has 2 N–H and O–H groups in total. The molecule has 0 aliphatic carbocycles. The van der Waals surface area contributed by atoms with Crippen LogP contribution in [-0.2, 0) is 23.4 Å². The number of aromatic carboxylic acids is 1. The van der Waals surface area contributed by atoms with E-state index in [4.69, 9.17) is 19.4 Å². The van der Waals surface area contributed by atoms with Crippen molar-refractivity contribution in [1.82, 2.24) is 14.5 Å². The van der Waals surface area contributed by atoms with Crippen LogP contribution in [0.1, 0.15) is 52.7 Å². The smallest absolute Gasteiger partial charge is 0.416 e. The fourth-order valence-electron chi connectivity index (χ4n) is 5.47. The number of hydrogen-bond donors (Lipinski definition) is 2. The first-order valence-electron chi connectivity index (χ1n) is 13.2. The van der Waals surface area contributed by atoms with Crippen molar-refractivity contribution in [3.8, 4) is 11.5 Å². The Labute approximate surface area is 238 Å². The van der Waals surface area contributed by atoms with Crippen LogP contribution >= 0.6 is 0 Å². The van der Waals surface area contributed by atoms with Crippen LogP contribution in [0.15, 0.2) is 67.0 Å². The minimum absolute atomic E-state index is 0.196. The number of rotatable bonds is 5. The molecule has 1 aromatic heterocycles. The lowest BCUT2D eigenvalue weighted by Gasteiger charge is -2.33. The molecule has 220 valence electrons. The van der Waals surface area contributed by atoms with Gasteiger partial charge < -0.3 is 24.3 Å². The normalized spacial score (nSPS) is 18.9. The number of benzene rings is 3. The highest BCUT2D eigenvalue weighted by Gasteiger charge is 2.42. The average molecular weight is 584 g/mol. The van der Waals surface area contributed by atoms with Crippen molar-refractivity contribution in [1.29, 1.82) is 0 Å². The van der Waals surface area contributed by atoms with Crippen LogP contribution in [0.2, 0.25) is 0 Å². The van der Waals surface area contributed by atoms with Gasteiger partial charge in [-0.05, 0) is 55.2 Å². The number of fused-ring (bicyclic) bond motifs is 2. The van der Waals surface area contributed by atoms with E-state index in [9.17, 15) is 23.1 Å². The minimum atomic E-state index is -4.46. The molecule has 1 unspecified atom stereocenters.